The number of carbonyl (C=O) groups excluding carboxylic acids is 2. The fraction of sp³-hybridized carbons (Fsp3) is 0.300. The first kappa shape index (κ1) is 18.6. The summed E-state index contributed by atoms with van der Waals surface area (Å²) < 4.78 is 10.4. The zero-order chi connectivity index (χ0) is 19.4. The fourth-order valence-electron chi connectivity index (χ4n) is 2.97. The Morgan fingerprint density at radius 2 is 1.81 bits per heavy atom. The lowest BCUT2D eigenvalue weighted by atomic mass is 10.2. The number of hydrogen-bond acceptors (Lipinski definition) is 4. The molecule has 2 aromatic carbocycles. The number of anilines is 2. The number of ether oxygens (including phenoxy) is 2. The molecule has 142 valence electrons. The van der Waals surface area contributed by atoms with Gasteiger partial charge in [0.05, 0.1) is 19.9 Å². The van der Waals surface area contributed by atoms with Crippen LogP contribution in [0.3, 0.4) is 0 Å². The zero-order valence-corrected chi connectivity index (χ0v) is 15.7. The number of amides is 3. The Hall–Kier alpha value is -3.22. The molecule has 3 amide bonds. The predicted octanol–water partition coefficient (Wildman–Crippen LogP) is 2.89. The SMILES string of the molecule is COc1ccc(OC)c(NC(=O)CN2CCN(c3ccc(C)cc3)C2=O)c1. The van der Waals surface area contributed by atoms with Crippen LogP contribution in [0.25, 0.3) is 0 Å². The second-order valence-corrected chi connectivity index (χ2v) is 6.31. The molecule has 1 saturated heterocycles. The average molecular weight is 369 g/mol. The largest absolute Gasteiger partial charge is 0.497 e. The van der Waals surface area contributed by atoms with Crippen molar-refractivity contribution in [1.29, 1.82) is 0 Å². The summed E-state index contributed by atoms with van der Waals surface area (Å²) in [5.41, 5.74) is 2.47. The highest BCUT2D eigenvalue weighted by atomic mass is 16.5. The van der Waals surface area contributed by atoms with Crippen LogP contribution in [0.15, 0.2) is 42.5 Å². The second-order valence-electron chi connectivity index (χ2n) is 6.31. The molecule has 27 heavy (non-hydrogen) atoms. The van der Waals surface area contributed by atoms with E-state index in [2.05, 4.69) is 5.32 Å². The van der Waals surface area contributed by atoms with E-state index in [1.807, 2.05) is 31.2 Å². The Labute approximate surface area is 158 Å². The van der Waals surface area contributed by atoms with Crippen molar-refractivity contribution in [3.05, 3.63) is 48.0 Å². The lowest BCUT2D eigenvalue weighted by Gasteiger charge is -2.19. The van der Waals surface area contributed by atoms with Crippen molar-refractivity contribution in [3.8, 4) is 11.5 Å². The molecule has 0 saturated carbocycles. The van der Waals surface area contributed by atoms with Crippen molar-refractivity contribution in [3.63, 3.8) is 0 Å². The summed E-state index contributed by atoms with van der Waals surface area (Å²) in [4.78, 5) is 28.3. The number of aryl methyl sites for hydroxylation is 1. The number of urea groups is 1. The molecule has 7 heteroatoms. The van der Waals surface area contributed by atoms with E-state index >= 15 is 0 Å². The Morgan fingerprint density at radius 1 is 1.07 bits per heavy atom. The molecule has 1 aliphatic rings. The summed E-state index contributed by atoms with van der Waals surface area (Å²) in [6.45, 7) is 3.02. The Morgan fingerprint density at radius 3 is 2.48 bits per heavy atom. The summed E-state index contributed by atoms with van der Waals surface area (Å²) in [6, 6.07) is 12.7. The maximum Gasteiger partial charge on any atom is 0.325 e. The first-order chi connectivity index (χ1) is 13.0. The number of hydrogen-bond donors (Lipinski definition) is 1. The van der Waals surface area contributed by atoms with E-state index in [-0.39, 0.29) is 18.5 Å². The van der Waals surface area contributed by atoms with Crippen LogP contribution in [0.1, 0.15) is 5.56 Å². The van der Waals surface area contributed by atoms with Crippen LogP contribution in [-0.4, -0.2) is 50.7 Å². The molecule has 1 fully saturated rings. The van der Waals surface area contributed by atoms with Crippen LogP contribution >= 0.6 is 0 Å². The predicted molar refractivity (Wildman–Crippen MR) is 104 cm³/mol. The molecule has 1 heterocycles. The van der Waals surface area contributed by atoms with E-state index in [0.717, 1.165) is 11.3 Å². The summed E-state index contributed by atoms with van der Waals surface area (Å²) in [5, 5.41) is 2.79. The Kier molecular flexibility index (Phi) is 5.49. The van der Waals surface area contributed by atoms with Gasteiger partial charge in [0.25, 0.3) is 0 Å². The average Bonchev–Trinajstić information content (AvgIpc) is 3.02. The van der Waals surface area contributed by atoms with Crippen molar-refractivity contribution < 1.29 is 19.1 Å². The van der Waals surface area contributed by atoms with Gasteiger partial charge in [-0.15, -0.1) is 0 Å². The van der Waals surface area contributed by atoms with Crippen LogP contribution < -0.4 is 19.7 Å². The monoisotopic (exact) mass is 369 g/mol. The number of benzene rings is 2. The first-order valence-electron chi connectivity index (χ1n) is 8.67. The van der Waals surface area contributed by atoms with E-state index in [1.165, 1.54) is 12.0 Å². The van der Waals surface area contributed by atoms with Crippen LogP contribution in [0, 0.1) is 6.92 Å². The fourth-order valence-corrected chi connectivity index (χ4v) is 2.97. The van der Waals surface area contributed by atoms with Gasteiger partial charge in [0.1, 0.15) is 18.0 Å². The third-order valence-electron chi connectivity index (χ3n) is 4.46. The van der Waals surface area contributed by atoms with Gasteiger partial charge in [-0.25, -0.2) is 4.79 Å². The van der Waals surface area contributed by atoms with Crippen LogP contribution in [0.4, 0.5) is 16.2 Å². The molecule has 0 unspecified atom stereocenters. The minimum Gasteiger partial charge on any atom is -0.497 e. The third kappa shape index (κ3) is 4.13. The number of rotatable bonds is 6. The summed E-state index contributed by atoms with van der Waals surface area (Å²) in [5.74, 6) is 0.840. The van der Waals surface area contributed by atoms with E-state index < -0.39 is 0 Å². The van der Waals surface area contributed by atoms with Crippen LogP contribution in [0.2, 0.25) is 0 Å². The molecule has 0 spiro atoms. The van der Waals surface area contributed by atoms with E-state index in [0.29, 0.717) is 30.3 Å². The molecule has 0 aromatic heterocycles. The van der Waals surface area contributed by atoms with Crippen molar-refractivity contribution in [2.24, 2.45) is 0 Å². The molecule has 1 N–H and O–H groups in total. The van der Waals surface area contributed by atoms with Gasteiger partial charge in [0, 0.05) is 24.8 Å². The van der Waals surface area contributed by atoms with Gasteiger partial charge in [-0.3, -0.25) is 9.69 Å². The van der Waals surface area contributed by atoms with Crippen molar-refractivity contribution in [2.75, 3.05) is 44.1 Å². The van der Waals surface area contributed by atoms with E-state index in [4.69, 9.17) is 9.47 Å². The quantitative estimate of drug-likeness (QED) is 0.850. The van der Waals surface area contributed by atoms with Crippen molar-refractivity contribution in [2.45, 2.75) is 6.92 Å². The highest BCUT2D eigenvalue weighted by Crippen LogP contribution is 2.29. The number of nitrogens with one attached hydrogen (secondary N) is 1. The maximum atomic E-state index is 12.6. The van der Waals surface area contributed by atoms with Gasteiger partial charge in [-0.05, 0) is 31.2 Å². The molecular weight excluding hydrogens is 346 g/mol. The zero-order valence-electron chi connectivity index (χ0n) is 15.7. The minimum absolute atomic E-state index is 0.0262. The van der Waals surface area contributed by atoms with Crippen molar-refractivity contribution >= 4 is 23.3 Å². The molecule has 7 nitrogen and oxygen atoms in total. The van der Waals surface area contributed by atoms with Gasteiger partial charge in [0.2, 0.25) is 5.91 Å². The summed E-state index contributed by atoms with van der Waals surface area (Å²) >= 11 is 0. The topological polar surface area (TPSA) is 71.1 Å². The first-order valence-corrected chi connectivity index (χ1v) is 8.67. The van der Waals surface area contributed by atoms with E-state index in [1.54, 1.807) is 30.2 Å². The highest BCUT2D eigenvalue weighted by Gasteiger charge is 2.30. The molecule has 3 rings (SSSR count). The Bertz CT molecular complexity index is 836. The van der Waals surface area contributed by atoms with Gasteiger partial charge >= 0.3 is 6.03 Å². The molecule has 0 radical (unpaired) electrons. The highest BCUT2D eigenvalue weighted by molar-refractivity contribution is 6.00. The van der Waals surface area contributed by atoms with Gasteiger partial charge in [-0.1, -0.05) is 17.7 Å². The van der Waals surface area contributed by atoms with Gasteiger partial charge in [-0.2, -0.15) is 0 Å². The smallest absolute Gasteiger partial charge is 0.325 e. The second kappa shape index (κ2) is 7.99. The Balaban J connectivity index is 1.65. The molecule has 2 aromatic rings. The number of carbonyl (C=O) groups is 2. The standard InChI is InChI=1S/C20H23N3O4/c1-14-4-6-15(7-5-14)23-11-10-22(20(23)25)13-19(24)21-17-12-16(26-2)8-9-18(17)27-3/h4-9,12H,10-11,13H2,1-3H3,(H,21,24). The normalized spacial score (nSPS) is 13.7. The van der Waals surface area contributed by atoms with Crippen LogP contribution in [-0.2, 0) is 4.79 Å². The van der Waals surface area contributed by atoms with E-state index in [9.17, 15) is 9.59 Å². The summed E-state index contributed by atoms with van der Waals surface area (Å²) in [6.07, 6.45) is 0. The lowest BCUT2D eigenvalue weighted by molar-refractivity contribution is -0.116. The van der Waals surface area contributed by atoms with Gasteiger partial charge in [0.15, 0.2) is 0 Å². The van der Waals surface area contributed by atoms with Crippen molar-refractivity contribution in [1.82, 2.24) is 4.90 Å². The lowest BCUT2D eigenvalue weighted by Crippen LogP contribution is -2.37. The van der Waals surface area contributed by atoms with Gasteiger partial charge < -0.3 is 19.7 Å². The minimum atomic E-state index is -0.291. The summed E-state index contributed by atoms with van der Waals surface area (Å²) in [7, 11) is 3.08. The number of methoxy groups -OCH3 is 2. The van der Waals surface area contributed by atoms with Crippen LogP contribution in [0.5, 0.6) is 11.5 Å². The molecule has 0 atom stereocenters. The third-order valence-corrected chi connectivity index (χ3v) is 4.46. The molecule has 0 bridgehead atoms. The molecule has 1 aliphatic heterocycles. The maximum absolute atomic E-state index is 12.6. The molecule has 0 aliphatic carbocycles. The number of nitrogens with zero attached hydrogens (tertiary/aromatic N) is 2. The molecular formula is C20H23N3O4.